The summed E-state index contributed by atoms with van der Waals surface area (Å²) in [6.07, 6.45) is 11.0. The molecule has 4 aliphatic carbocycles. The predicted molar refractivity (Wildman–Crippen MR) is 153 cm³/mol. The van der Waals surface area contributed by atoms with Gasteiger partial charge in [0, 0.05) is 18.3 Å². The highest BCUT2D eigenvalue weighted by atomic mass is 16.5. The molecule has 0 spiro atoms. The van der Waals surface area contributed by atoms with E-state index in [1.54, 1.807) is 0 Å². The van der Waals surface area contributed by atoms with Gasteiger partial charge in [-0.3, -0.25) is 19.2 Å². The Morgan fingerprint density at radius 2 is 1.78 bits per heavy atom. The Morgan fingerprint density at radius 3 is 2.49 bits per heavy atom. The van der Waals surface area contributed by atoms with Crippen LogP contribution in [-0.2, 0) is 28.7 Å². The summed E-state index contributed by atoms with van der Waals surface area (Å²) >= 11 is 0. The summed E-state index contributed by atoms with van der Waals surface area (Å²) in [5.74, 6) is -0.611. The fourth-order valence-corrected chi connectivity index (χ4v) is 8.48. The zero-order chi connectivity index (χ0) is 29.9. The lowest BCUT2D eigenvalue weighted by Gasteiger charge is -2.57. The summed E-state index contributed by atoms with van der Waals surface area (Å²) in [6.45, 7) is 8.07. The van der Waals surface area contributed by atoms with Crippen LogP contribution in [0.4, 0.5) is 0 Å². The number of aliphatic carboxylic acids is 1. The number of amides is 2. The van der Waals surface area contributed by atoms with Gasteiger partial charge in [-0.25, -0.2) is 4.79 Å². The molecule has 3 fully saturated rings. The lowest BCUT2D eigenvalue weighted by molar-refractivity contribution is -0.160. The van der Waals surface area contributed by atoms with E-state index in [0.29, 0.717) is 37.0 Å². The predicted octanol–water partition coefficient (Wildman–Crippen LogP) is 4.47. The first-order valence-electron chi connectivity index (χ1n) is 15.6. The molecule has 0 bridgehead atoms. The maximum atomic E-state index is 12.8. The molecule has 0 saturated heterocycles. The smallest absolute Gasteiger partial charge is 0.326 e. The van der Waals surface area contributed by atoms with Gasteiger partial charge in [-0.05, 0) is 87.5 Å². The second kappa shape index (κ2) is 12.7. The van der Waals surface area contributed by atoms with Gasteiger partial charge in [-0.1, -0.05) is 39.2 Å². The van der Waals surface area contributed by atoms with Gasteiger partial charge in [0.25, 0.3) is 0 Å². The monoisotopic (exact) mass is 572 g/mol. The summed E-state index contributed by atoms with van der Waals surface area (Å²) < 4.78 is 6.01. The summed E-state index contributed by atoms with van der Waals surface area (Å²) in [5.41, 5.74) is 1.38. The minimum atomic E-state index is -1.10. The van der Waals surface area contributed by atoms with Crippen LogP contribution in [0.2, 0.25) is 0 Å². The first-order chi connectivity index (χ1) is 19.4. The number of carbonyl (C=O) groups is 5. The highest BCUT2D eigenvalue weighted by Gasteiger charge is 2.60. The third-order valence-electron chi connectivity index (χ3n) is 10.9. The fourth-order valence-electron chi connectivity index (χ4n) is 8.48. The third kappa shape index (κ3) is 6.54. The standard InChI is InChI=1S/C32H48N2O7/c1-5-6-7-25(30(39)40)34-29(38)19(2)33-27(36)12-13-28(37)41-26-11-10-23-22-9-8-20-18-21(35)14-16-31(20,3)24(22)15-17-32(23,26)4/h18-19,22-26H,5-17H2,1-4H3,(H,33,36)(H,34,38)(H,39,40)/t19?,22-,23-,24-,25?,26?,31-,32-/m0/s1. The number of rotatable bonds is 11. The molecule has 4 rings (SSSR count). The second-order valence-electron chi connectivity index (χ2n) is 13.4. The SMILES string of the molecule is CCCCC(NC(=O)C(C)NC(=O)CCC(=O)OC1CC[C@H]2[C@@H]3CCC4=CC(=O)CC[C@]4(C)[C@H]3CC[C@]12C)C(=O)O. The molecule has 0 aliphatic heterocycles. The molecule has 0 aromatic rings. The number of allylic oxidation sites excluding steroid dienone is 1. The van der Waals surface area contributed by atoms with Gasteiger partial charge in [-0.15, -0.1) is 0 Å². The highest BCUT2D eigenvalue weighted by Crippen LogP contribution is 2.65. The van der Waals surface area contributed by atoms with Crippen molar-refractivity contribution in [2.45, 2.75) is 129 Å². The molecule has 8 atom stereocenters. The maximum Gasteiger partial charge on any atom is 0.326 e. The number of carboxylic acids is 1. The minimum absolute atomic E-state index is 0.0715. The molecule has 228 valence electrons. The second-order valence-corrected chi connectivity index (χ2v) is 13.4. The molecule has 9 nitrogen and oxygen atoms in total. The molecule has 3 unspecified atom stereocenters. The average molecular weight is 573 g/mol. The molecular formula is C32H48N2O7. The molecule has 4 aliphatic rings. The fraction of sp³-hybridized carbons (Fsp3) is 0.781. The largest absolute Gasteiger partial charge is 0.480 e. The van der Waals surface area contributed by atoms with E-state index in [9.17, 15) is 29.1 Å². The number of hydrogen-bond acceptors (Lipinski definition) is 6. The van der Waals surface area contributed by atoms with Crippen LogP contribution in [0.15, 0.2) is 11.6 Å². The molecule has 0 aromatic carbocycles. The molecular weight excluding hydrogens is 524 g/mol. The van der Waals surface area contributed by atoms with Gasteiger partial charge < -0.3 is 20.5 Å². The number of unbranched alkanes of at least 4 members (excludes halogenated alkanes) is 1. The zero-order valence-corrected chi connectivity index (χ0v) is 25.1. The summed E-state index contributed by atoms with van der Waals surface area (Å²) in [4.78, 5) is 61.2. The number of hydrogen-bond donors (Lipinski definition) is 3. The molecule has 2 amide bonds. The Morgan fingerprint density at radius 1 is 1.02 bits per heavy atom. The van der Waals surface area contributed by atoms with Crippen molar-refractivity contribution in [3.63, 3.8) is 0 Å². The Hall–Kier alpha value is -2.71. The number of ketones is 1. The molecule has 9 heteroatoms. The normalized spacial score (nSPS) is 33.8. The number of ether oxygens (including phenoxy) is 1. The van der Waals surface area contributed by atoms with E-state index in [2.05, 4.69) is 24.5 Å². The average Bonchev–Trinajstić information content (AvgIpc) is 3.25. The van der Waals surface area contributed by atoms with Crippen molar-refractivity contribution in [3.05, 3.63) is 11.6 Å². The van der Waals surface area contributed by atoms with E-state index >= 15 is 0 Å². The third-order valence-corrected chi connectivity index (χ3v) is 10.9. The number of nitrogens with one attached hydrogen (secondary N) is 2. The lowest BCUT2D eigenvalue weighted by Crippen LogP contribution is -2.51. The maximum absolute atomic E-state index is 12.8. The van der Waals surface area contributed by atoms with E-state index < -0.39 is 35.8 Å². The highest BCUT2D eigenvalue weighted by molar-refractivity contribution is 5.92. The van der Waals surface area contributed by atoms with Crippen LogP contribution in [-0.4, -0.2) is 52.8 Å². The molecule has 3 N–H and O–H groups in total. The van der Waals surface area contributed by atoms with Crippen LogP contribution in [0.1, 0.15) is 111 Å². The number of carboxylic acid groups (broad SMARTS) is 1. The first-order valence-corrected chi connectivity index (χ1v) is 15.6. The first kappa shape index (κ1) is 31.2. The van der Waals surface area contributed by atoms with E-state index in [0.717, 1.165) is 51.4 Å². The van der Waals surface area contributed by atoms with E-state index in [1.165, 1.54) is 12.5 Å². The van der Waals surface area contributed by atoms with Crippen molar-refractivity contribution in [3.8, 4) is 0 Å². The van der Waals surface area contributed by atoms with Crippen LogP contribution in [0, 0.1) is 28.6 Å². The molecule has 3 saturated carbocycles. The van der Waals surface area contributed by atoms with Crippen LogP contribution < -0.4 is 10.6 Å². The van der Waals surface area contributed by atoms with Crippen molar-refractivity contribution in [1.29, 1.82) is 0 Å². The molecule has 0 radical (unpaired) electrons. The van der Waals surface area contributed by atoms with Gasteiger partial charge >= 0.3 is 11.9 Å². The van der Waals surface area contributed by atoms with Crippen molar-refractivity contribution in [2.24, 2.45) is 28.6 Å². The van der Waals surface area contributed by atoms with E-state index in [-0.39, 0.29) is 35.6 Å². The topological polar surface area (TPSA) is 139 Å². The van der Waals surface area contributed by atoms with Crippen molar-refractivity contribution in [1.82, 2.24) is 10.6 Å². The summed E-state index contributed by atoms with van der Waals surface area (Å²) in [6, 6.07) is -1.91. The van der Waals surface area contributed by atoms with Gasteiger partial charge in [0.2, 0.25) is 11.8 Å². The van der Waals surface area contributed by atoms with Gasteiger partial charge in [0.05, 0.1) is 6.42 Å². The molecule has 0 aromatic heterocycles. The van der Waals surface area contributed by atoms with Crippen LogP contribution >= 0.6 is 0 Å². The van der Waals surface area contributed by atoms with Gasteiger partial charge in [0.1, 0.15) is 18.2 Å². The van der Waals surface area contributed by atoms with E-state index in [1.807, 2.05) is 13.0 Å². The lowest BCUT2D eigenvalue weighted by atomic mass is 9.47. The number of fused-ring (bicyclic) bond motifs is 5. The van der Waals surface area contributed by atoms with Gasteiger partial charge in [-0.2, -0.15) is 0 Å². The number of carbonyl (C=O) groups excluding carboxylic acids is 4. The zero-order valence-electron chi connectivity index (χ0n) is 25.1. The van der Waals surface area contributed by atoms with Crippen LogP contribution in [0.3, 0.4) is 0 Å². The van der Waals surface area contributed by atoms with Crippen LogP contribution in [0.5, 0.6) is 0 Å². The van der Waals surface area contributed by atoms with Crippen molar-refractivity contribution >= 4 is 29.5 Å². The summed E-state index contributed by atoms with van der Waals surface area (Å²) in [7, 11) is 0. The molecule has 0 heterocycles. The summed E-state index contributed by atoms with van der Waals surface area (Å²) in [5, 5.41) is 14.4. The van der Waals surface area contributed by atoms with Crippen LogP contribution in [0.25, 0.3) is 0 Å². The number of esters is 1. The van der Waals surface area contributed by atoms with Gasteiger partial charge in [0.15, 0.2) is 5.78 Å². The van der Waals surface area contributed by atoms with E-state index in [4.69, 9.17) is 4.74 Å². The van der Waals surface area contributed by atoms with Crippen molar-refractivity contribution < 1.29 is 33.8 Å². The Balaban J connectivity index is 1.26. The Kier molecular flexibility index (Phi) is 9.64. The molecule has 41 heavy (non-hydrogen) atoms. The van der Waals surface area contributed by atoms with Crippen molar-refractivity contribution in [2.75, 3.05) is 0 Å². The Bertz CT molecular complexity index is 1090. The minimum Gasteiger partial charge on any atom is -0.480 e. The Labute approximate surface area is 243 Å². The quantitative estimate of drug-likeness (QED) is 0.310.